The van der Waals surface area contributed by atoms with Crippen LogP contribution in [-0.4, -0.2) is 31.3 Å². The van der Waals surface area contributed by atoms with Crippen LogP contribution >= 0.6 is 11.6 Å². The first kappa shape index (κ1) is 18.1. The molecule has 0 aliphatic heterocycles. The summed E-state index contributed by atoms with van der Waals surface area (Å²) in [5, 5.41) is 16.2. The Hall–Kier alpha value is -2.24. The van der Waals surface area contributed by atoms with Crippen molar-refractivity contribution in [3.63, 3.8) is 0 Å². The second-order valence-corrected chi connectivity index (χ2v) is 5.74. The van der Waals surface area contributed by atoms with E-state index >= 15 is 0 Å². The monoisotopic (exact) mass is 348 g/mol. The maximum atomic E-state index is 11.8. The van der Waals surface area contributed by atoms with E-state index in [1.54, 1.807) is 31.4 Å². The topological polar surface area (TPSA) is 70.6 Å². The van der Waals surface area contributed by atoms with Crippen LogP contribution in [0.2, 0.25) is 5.02 Å². The van der Waals surface area contributed by atoms with Crippen LogP contribution < -0.4 is 15.4 Å². The molecule has 0 saturated heterocycles. The molecule has 128 valence electrons. The van der Waals surface area contributed by atoms with Crippen molar-refractivity contribution >= 4 is 17.6 Å². The van der Waals surface area contributed by atoms with Crippen LogP contribution in [0, 0.1) is 0 Å². The number of amides is 2. The Bertz CT molecular complexity index is 662. The number of hydrogen-bond donors (Lipinski definition) is 3. The lowest BCUT2D eigenvalue weighted by molar-refractivity contribution is 0.173. The van der Waals surface area contributed by atoms with Gasteiger partial charge in [0.05, 0.1) is 13.2 Å². The molecule has 5 nitrogen and oxygen atoms in total. The SMILES string of the molecule is COc1ccc(C(O)CNC(=O)NCCc2cccc(Cl)c2)cc1. The molecule has 1 atom stereocenters. The van der Waals surface area contributed by atoms with Gasteiger partial charge < -0.3 is 20.5 Å². The summed E-state index contributed by atoms with van der Waals surface area (Å²) in [5.74, 6) is 0.720. The van der Waals surface area contributed by atoms with Crippen molar-refractivity contribution in [2.45, 2.75) is 12.5 Å². The molecule has 2 amide bonds. The van der Waals surface area contributed by atoms with Gasteiger partial charge in [0.1, 0.15) is 5.75 Å². The van der Waals surface area contributed by atoms with E-state index < -0.39 is 6.10 Å². The molecule has 0 radical (unpaired) electrons. The van der Waals surface area contributed by atoms with Gasteiger partial charge in [-0.3, -0.25) is 0 Å². The molecule has 3 N–H and O–H groups in total. The van der Waals surface area contributed by atoms with Crippen molar-refractivity contribution in [1.82, 2.24) is 10.6 Å². The predicted octanol–water partition coefficient (Wildman–Crippen LogP) is 2.92. The van der Waals surface area contributed by atoms with Gasteiger partial charge in [0.2, 0.25) is 0 Å². The molecule has 0 aliphatic rings. The molecule has 24 heavy (non-hydrogen) atoms. The van der Waals surface area contributed by atoms with Crippen molar-refractivity contribution in [2.24, 2.45) is 0 Å². The zero-order valence-corrected chi connectivity index (χ0v) is 14.2. The number of aliphatic hydroxyl groups is 1. The maximum absolute atomic E-state index is 11.8. The maximum Gasteiger partial charge on any atom is 0.314 e. The number of carbonyl (C=O) groups is 1. The molecular weight excluding hydrogens is 328 g/mol. The molecular formula is C18H21ClN2O3. The zero-order valence-electron chi connectivity index (χ0n) is 13.5. The number of hydrogen-bond acceptors (Lipinski definition) is 3. The number of methoxy groups -OCH3 is 1. The summed E-state index contributed by atoms with van der Waals surface area (Å²) in [5.41, 5.74) is 1.77. The van der Waals surface area contributed by atoms with Gasteiger partial charge in [-0.25, -0.2) is 4.79 Å². The minimum Gasteiger partial charge on any atom is -0.497 e. The number of halogens is 1. The highest BCUT2D eigenvalue weighted by Gasteiger charge is 2.09. The molecule has 0 aliphatic carbocycles. The van der Waals surface area contributed by atoms with Gasteiger partial charge in [-0.05, 0) is 41.8 Å². The minimum atomic E-state index is -0.769. The third kappa shape index (κ3) is 5.76. The first-order chi connectivity index (χ1) is 11.6. The van der Waals surface area contributed by atoms with Crippen LogP contribution in [0.1, 0.15) is 17.2 Å². The Morgan fingerprint density at radius 1 is 1.21 bits per heavy atom. The van der Waals surface area contributed by atoms with Gasteiger partial charge in [-0.1, -0.05) is 35.9 Å². The van der Waals surface area contributed by atoms with Crippen LogP contribution in [0.4, 0.5) is 4.79 Å². The summed E-state index contributed by atoms with van der Waals surface area (Å²) in [4.78, 5) is 11.8. The molecule has 0 heterocycles. The standard InChI is InChI=1S/C18H21ClN2O3/c1-24-16-7-5-14(6-8-16)17(22)12-21-18(23)20-10-9-13-3-2-4-15(19)11-13/h2-8,11,17,22H,9-10,12H2,1H3,(H2,20,21,23). The van der Waals surface area contributed by atoms with Gasteiger partial charge in [0.25, 0.3) is 0 Å². The predicted molar refractivity (Wildman–Crippen MR) is 94.5 cm³/mol. The van der Waals surface area contributed by atoms with Crippen LogP contribution in [-0.2, 0) is 6.42 Å². The number of rotatable bonds is 7. The second kappa shape index (κ2) is 9.15. The molecule has 0 saturated carbocycles. The molecule has 2 rings (SSSR count). The first-order valence-corrected chi connectivity index (χ1v) is 8.04. The van der Waals surface area contributed by atoms with Gasteiger partial charge in [-0.2, -0.15) is 0 Å². The number of benzene rings is 2. The van der Waals surface area contributed by atoms with E-state index in [9.17, 15) is 9.90 Å². The fraction of sp³-hybridized carbons (Fsp3) is 0.278. The lowest BCUT2D eigenvalue weighted by atomic mass is 10.1. The molecule has 0 fully saturated rings. The Labute approximate surface area is 146 Å². The van der Waals surface area contributed by atoms with E-state index in [1.165, 1.54) is 0 Å². The smallest absolute Gasteiger partial charge is 0.314 e. The highest BCUT2D eigenvalue weighted by molar-refractivity contribution is 6.30. The van der Waals surface area contributed by atoms with E-state index in [0.29, 0.717) is 18.0 Å². The number of ether oxygens (including phenoxy) is 1. The van der Waals surface area contributed by atoms with Crippen molar-refractivity contribution in [2.75, 3.05) is 20.2 Å². The first-order valence-electron chi connectivity index (χ1n) is 7.66. The summed E-state index contributed by atoms with van der Waals surface area (Å²) in [7, 11) is 1.58. The van der Waals surface area contributed by atoms with Crippen LogP contribution in [0.5, 0.6) is 5.75 Å². The Balaban J connectivity index is 1.70. The normalized spacial score (nSPS) is 11.6. The molecule has 0 spiro atoms. The lowest BCUT2D eigenvalue weighted by Crippen LogP contribution is -2.38. The minimum absolute atomic E-state index is 0.134. The molecule has 6 heteroatoms. The Kier molecular flexibility index (Phi) is 6.90. The van der Waals surface area contributed by atoms with E-state index in [1.807, 2.05) is 24.3 Å². The molecule has 2 aromatic rings. The molecule has 0 aromatic heterocycles. The Morgan fingerprint density at radius 3 is 2.62 bits per heavy atom. The van der Waals surface area contributed by atoms with E-state index in [-0.39, 0.29) is 12.6 Å². The van der Waals surface area contributed by atoms with E-state index in [4.69, 9.17) is 16.3 Å². The van der Waals surface area contributed by atoms with Crippen LogP contribution in [0.25, 0.3) is 0 Å². The summed E-state index contributed by atoms with van der Waals surface area (Å²) < 4.78 is 5.07. The largest absolute Gasteiger partial charge is 0.497 e. The highest BCUT2D eigenvalue weighted by Crippen LogP contribution is 2.16. The fourth-order valence-corrected chi connectivity index (χ4v) is 2.42. The molecule has 1 unspecified atom stereocenters. The number of nitrogens with one attached hydrogen (secondary N) is 2. The van der Waals surface area contributed by atoms with Crippen molar-refractivity contribution < 1.29 is 14.6 Å². The van der Waals surface area contributed by atoms with E-state index in [0.717, 1.165) is 16.9 Å². The number of carbonyl (C=O) groups excluding carboxylic acids is 1. The number of aliphatic hydroxyl groups excluding tert-OH is 1. The average molecular weight is 349 g/mol. The zero-order chi connectivity index (χ0) is 17.4. The van der Waals surface area contributed by atoms with Crippen molar-refractivity contribution in [1.29, 1.82) is 0 Å². The highest BCUT2D eigenvalue weighted by atomic mass is 35.5. The van der Waals surface area contributed by atoms with Gasteiger partial charge in [-0.15, -0.1) is 0 Å². The van der Waals surface area contributed by atoms with Gasteiger partial charge in [0.15, 0.2) is 0 Å². The Morgan fingerprint density at radius 2 is 1.96 bits per heavy atom. The fourth-order valence-electron chi connectivity index (χ4n) is 2.21. The van der Waals surface area contributed by atoms with Crippen molar-refractivity contribution in [3.8, 4) is 5.75 Å². The average Bonchev–Trinajstić information content (AvgIpc) is 2.60. The third-order valence-electron chi connectivity index (χ3n) is 3.54. The van der Waals surface area contributed by atoms with E-state index in [2.05, 4.69) is 10.6 Å². The second-order valence-electron chi connectivity index (χ2n) is 5.31. The van der Waals surface area contributed by atoms with Crippen LogP contribution in [0.15, 0.2) is 48.5 Å². The summed E-state index contributed by atoms with van der Waals surface area (Å²) in [6, 6.07) is 14.3. The van der Waals surface area contributed by atoms with Gasteiger partial charge in [0, 0.05) is 18.1 Å². The molecule has 2 aromatic carbocycles. The third-order valence-corrected chi connectivity index (χ3v) is 3.78. The van der Waals surface area contributed by atoms with Crippen molar-refractivity contribution in [3.05, 3.63) is 64.7 Å². The lowest BCUT2D eigenvalue weighted by Gasteiger charge is -2.13. The number of urea groups is 1. The quantitative estimate of drug-likeness (QED) is 0.720. The molecule has 0 bridgehead atoms. The van der Waals surface area contributed by atoms with Crippen LogP contribution in [0.3, 0.4) is 0 Å². The summed E-state index contributed by atoms with van der Waals surface area (Å²) in [6.45, 7) is 0.625. The van der Waals surface area contributed by atoms with Gasteiger partial charge >= 0.3 is 6.03 Å². The summed E-state index contributed by atoms with van der Waals surface area (Å²) >= 11 is 5.91. The summed E-state index contributed by atoms with van der Waals surface area (Å²) in [6.07, 6.45) is -0.0794.